The molecule has 0 spiro atoms. The van der Waals surface area contributed by atoms with Crippen LogP contribution in [-0.2, 0) is 11.4 Å². The number of carbonyl (C=O) groups excluding carboxylic acids is 1. The molecule has 2 N–H and O–H groups in total. The fourth-order valence-corrected chi connectivity index (χ4v) is 2.79. The molecule has 1 aliphatic rings. The van der Waals surface area contributed by atoms with Gasteiger partial charge in [-0.15, -0.1) is 0 Å². The number of aliphatic carboxylic acids is 1. The number of carboxylic acid groups (broad SMARTS) is 1. The minimum absolute atomic E-state index is 0.210. The van der Waals surface area contributed by atoms with Gasteiger partial charge in [0.05, 0.1) is 5.41 Å². The lowest BCUT2D eigenvalue weighted by atomic mass is 9.90. The van der Waals surface area contributed by atoms with E-state index in [2.05, 4.69) is 10.3 Å². The third-order valence-electron chi connectivity index (χ3n) is 4.54. The number of amides is 2. The van der Waals surface area contributed by atoms with E-state index in [0.717, 1.165) is 5.56 Å². The summed E-state index contributed by atoms with van der Waals surface area (Å²) in [5.41, 5.74) is 0.783. The standard InChI is InChI=1S/C19H21N3O4/c1-19(17(23)24)8-11-22(13-19)18(25)21-15-2-4-16(5-3-15)26-12-14-6-9-20-10-7-14/h2-7,9-10H,8,11-13H2,1H3,(H,21,25)(H,23,24). The molecule has 1 aromatic heterocycles. The van der Waals surface area contributed by atoms with E-state index in [1.165, 1.54) is 4.90 Å². The second kappa shape index (κ2) is 7.43. The van der Waals surface area contributed by atoms with Crippen LogP contribution >= 0.6 is 0 Å². The Labute approximate surface area is 151 Å². The summed E-state index contributed by atoms with van der Waals surface area (Å²) >= 11 is 0. The van der Waals surface area contributed by atoms with Gasteiger partial charge in [-0.25, -0.2) is 4.79 Å². The van der Waals surface area contributed by atoms with Crippen LogP contribution < -0.4 is 10.1 Å². The first-order chi connectivity index (χ1) is 12.5. The van der Waals surface area contributed by atoms with Crippen LogP contribution in [-0.4, -0.2) is 40.1 Å². The number of urea groups is 1. The number of aromatic nitrogens is 1. The van der Waals surface area contributed by atoms with Gasteiger partial charge in [0.2, 0.25) is 0 Å². The summed E-state index contributed by atoms with van der Waals surface area (Å²) in [4.78, 5) is 29.1. The Morgan fingerprint density at radius 3 is 2.54 bits per heavy atom. The van der Waals surface area contributed by atoms with Gasteiger partial charge in [0.15, 0.2) is 0 Å². The average Bonchev–Trinajstić information content (AvgIpc) is 3.06. The molecule has 1 atom stereocenters. The molecule has 2 heterocycles. The van der Waals surface area contributed by atoms with Crippen molar-refractivity contribution >= 4 is 17.7 Å². The van der Waals surface area contributed by atoms with Gasteiger partial charge in [-0.2, -0.15) is 0 Å². The SMILES string of the molecule is CC1(C(=O)O)CCN(C(=O)Nc2ccc(OCc3ccncc3)cc2)C1. The number of carboxylic acids is 1. The monoisotopic (exact) mass is 355 g/mol. The summed E-state index contributed by atoms with van der Waals surface area (Å²) in [5, 5.41) is 12.0. The van der Waals surface area contributed by atoms with Gasteiger partial charge < -0.3 is 20.1 Å². The van der Waals surface area contributed by atoms with Crippen molar-refractivity contribution in [3.8, 4) is 5.75 Å². The van der Waals surface area contributed by atoms with Crippen molar-refractivity contribution < 1.29 is 19.4 Å². The topological polar surface area (TPSA) is 91.8 Å². The molecule has 1 aliphatic heterocycles. The van der Waals surface area contributed by atoms with E-state index in [4.69, 9.17) is 4.74 Å². The van der Waals surface area contributed by atoms with Gasteiger partial charge in [-0.3, -0.25) is 9.78 Å². The number of hydrogen-bond acceptors (Lipinski definition) is 4. The third-order valence-corrected chi connectivity index (χ3v) is 4.54. The average molecular weight is 355 g/mol. The van der Waals surface area contributed by atoms with Gasteiger partial charge in [0.25, 0.3) is 0 Å². The molecule has 3 rings (SSSR count). The number of benzene rings is 1. The summed E-state index contributed by atoms with van der Waals surface area (Å²) in [6.07, 6.45) is 3.88. The predicted octanol–water partition coefficient (Wildman–Crippen LogP) is 2.99. The molecule has 0 saturated carbocycles. The first kappa shape index (κ1) is 17.7. The van der Waals surface area contributed by atoms with Crippen molar-refractivity contribution in [3.63, 3.8) is 0 Å². The maximum Gasteiger partial charge on any atom is 0.321 e. The number of ether oxygens (including phenoxy) is 1. The predicted molar refractivity (Wildman–Crippen MR) is 96.0 cm³/mol. The highest BCUT2D eigenvalue weighted by Gasteiger charge is 2.42. The van der Waals surface area contributed by atoms with Gasteiger partial charge in [0, 0.05) is 31.2 Å². The van der Waals surface area contributed by atoms with Crippen LogP contribution in [0.2, 0.25) is 0 Å². The zero-order valence-corrected chi connectivity index (χ0v) is 14.5. The Morgan fingerprint density at radius 1 is 1.23 bits per heavy atom. The zero-order chi connectivity index (χ0) is 18.6. The van der Waals surface area contributed by atoms with Crippen LogP contribution in [0.1, 0.15) is 18.9 Å². The number of hydrogen-bond donors (Lipinski definition) is 2. The van der Waals surface area contributed by atoms with Crippen LogP contribution in [0.15, 0.2) is 48.8 Å². The van der Waals surface area contributed by atoms with Gasteiger partial charge >= 0.3 is 12.0 Å². The van der Waals surface area contributed by atoms with E-state index >= 15 is 0 Å². The lowest BCUT2D eigenvalue weighted by Gasteiger charge is -2.20. The molecule has 7 heteroatoms. The second-order valence-corrected chi connectivity index (χ2v) is 6.64. The summed E-state index contributed by atoms with van der Waals surface area (Å²) in [6.45, 7) is 2.75. The number of likely N-dealkylation sites (tertiary alicyclic amines) is 1. The highest BCUT2D eigenvalue weighted by atomic mass is 16.5. The molecule has 2 aromatic rings. The summed E-state index contributed by atoms with van der Waals surface area (Å²) < 4.78 is 5.69. The molecule has 1 aromatic carbocycles. The molecular formula is C19H21N3O4. The van der Waals surface area contributed by atoms with Crippen LogP contribution in [0.5, 0.6) is 5.75 Å². The highest BCUT2D eigenvalue weighted by Crippen LogP contribution is 2.30. The minimum atomic E-state index is -0.873. The normalized spacial score (nSPS) is 19.2. The molecule has 0 bridgehead atoms. The number of anilines is 1. The van der Waals surface area contributed by atoms with Crippen LogP contribution in [0.25, 0.3) is 0 Å². The lowest BCUT2D eigenvalue weighted by molar-refractivity contribution is -0.146. The number of pyridine rings is 1. The number of rotatable bonds is 5. The van der Waals surface area contributed by atoms with Gasteiger partial charge in [-0.1, -0.05) is 0 Å². The smallest absolute Gasteiger partial charge is 0.321 e. The van der Waals surface area contributed by atoms with Crippen molar-refractivity contribution in [2.75, 3.05) is 18.4 Å². The summed E-state index contributed by atoms with van der Waals surface area (Å²) in [7, 11) is 0. The third kappa shape index (κ3) is 4.11. The van der Waals surface area contributed by atoms with Crippen LogP contribution in [0, 0.1) is 5.41 Å². The van der Waals surface area contributed by atoms with Crippen molar-refractivity contribution in [2.45, 2.75) is 20.0 Å². The van der Waals surface area contributed by atoms with Gasteiger partial charge in [-0.05, 0) is 55.3 Å². The van der Waals surface area contributed by atoms with E-state index in [0.29, 0.717) is 31.0 Å². The zero-order valence-electron chi connectivity index (χ0n) is 14.5. The Hall–Kier alpha value is -3.09. The Kier molecular flexibility index (Phi) is 5.06. The van der Waals surface area contributed by atoms with Gasteiger partial charge in [0.1, 0.15) is 12.4 Å². The fraction of sp³-hybridized carbons (Fsp3) is 0.316. The lowest BCUT2D eigenvalue weighted by Crippen LogP contribution is -2.37. The molecule has 1 saturated heterocycles. The maximum atomic E-state index is 12.3. The van der Waals surface area contributed by atoms with E-state index < -0.39 is 11.4 Å². The molecular weight excluding hydrogens is 334 g/mol. The molecule has 1 fully saturated rings. The molecule has 1 unspecified atom stereocenters. The minimum Gasteiger partial charge on any atom is -0.489 e. The first-order valence-corrected chi connectivity index (χ1v) is 8.37. The van der Waals surface area contributed by atoms with E-state index in [-0.39, 0.29) is 12.6 Å². The molecule has 2 amide bonds. The summed E-state index contributed by atoms with van der Waals surface area (Å²) in [5.74, 6) is -0.178. The fourth-order valence-electron chi connectivity index (χ4n) is 2.79. The largest absolute Gasteiger partial charge is 0.489 e. The van der Waals surface area contributed by atoms with E-state index in [1.807, 2.05) is 12.1 Å². The van der Waals surface area contributed by atoms with Crippen LogP contribution in [0.4, 0.5) is 10.5 Å². The number of carbonyl (C=O) groups is 2. The molecule has 0 radical (unpaired) electrons. The van der Waals surface area contributed by atoms with Crippen molar-refractivity contribution in [1.82, 2.24) is 9.88 Å². The van der Waals surface area contributed by atoms with Crippen molar-refractivity contribution in [3.05, 3.63) is 54.4 Å². The van der Waals surface area contributed by atoms with E-state index in [1.54, 1.807) is 43.6 Å². The Balaban J connectivity index is 1.53. The Morgan fingerprint density at radius 2 is 1.92 bits per heavy atom. The number of nitrogens with one attached hydrogen (secondary N) is 1. The van der Waals surface area contributed by atoms with Crippen molar-refractivity contribution in [2.24, 2.45) is 5.41 Å². The van der Waals surface area contributed by atoms with E-state index in [9.17, 15) is 14.7 Å². The number of nitrogens with zero attached hydrogens (tertiary/aromatic N) is 2. The van der Waals surface area contributed by atoms with Crippen molar-refractivity contribution in [1.29, 1.82) is 0 Å². The van der Waals surface area contributed by atoms with Crippen LogP contribution in [0.3, 0.4) is 0 Å². The molecule has 136 valence electrons. The Bertz CT molecular complexity index is 779. The second-order valence-electron chi connectivity index (χ2n) is 6.64. The molecule has 26 heavy (non-hydrogen) atoms. The maximum absolute atomic E-state index is 12.3. The molecule has 7 nitrogen and oxygen atoms in total. The quantitative estimate of drug-likeness (QED) is 0.860. The highest BCUT2D eigenvalue weighted by molar-refractivity contribution is 5.90. The summed E-state index contributed by atoms with van der Waals surface area (Å²) in [6, 6.07) is 10.5. The first-order valence-electron chi connectivity index (χ1n) is 8.37. The molecule has 0 aliphatic carbocycles.